The first-order valence-electron chi connectivity index (χ1n) is 5.18. The molecule has 2 rings (SSSR count). The number of carbonyl (C=O) groups excluding carboxylic acids is 1. The lowest BCUT2D eigenvalue weighted by atomic mass is 9.98. The van der Waals surface area contributed by atoms with E-state index in [2.05, 4.69) is 32.0 Å². The van der Waals surface area contributed by atoms with Gasteiger partial charge < -0.3 is 0 Å². The van der Waals surface area contributed by atoms with Crippen molar-refractivity contribution in [3.8, 4) is 0 Å². The van der Waals surface area contributed by atoms with Gasteiger partial charge in [-0.25, -0.2) is 0 Å². The maximum atomic E-state index is 11.2. The van der Waals surface area contributed by atoms with Crippen molar-refractivity contribution in [2.45, 2.75) is 33.1 Å². The first-order chi connectivity index (χ1) is 6.61. The van der Waals surface area contributed by atoms with E-state index in [4.69, 9.17) is 0 Å². The summed E-state index contributed by atoms with van der Waals surface area (Å²) in [7, 11) is 0. The Kier molecular flexibility index (Phi) is 2.18. The number of Topliss-reactive ketones (excluding diaryl/α,β-unsaturated/α-hetero) is 1. The summed E-state index contributed by atoms with van der Waals surface area (Å²) in [6.45, 7) is 5.99. The van der Waals surface area contributed by atoms with Crippen molar-refractivity contribution < 1.29 is 4.79 Å². The summed E-state index contributed by atoms with van der Waals surface area (Å²) in [6.07, 6.45) is 1.06. The predicted molar refractivity (Wildman–Crippen MR) is 57.4 cm³/mol. The molecule has 0 radical (unpaired) electrons. The third-order valence-electron chi connectivity index (χ3n) is 3.36. The van der Waals surface area contributed by atoms with E-state index in [1.807, 2.05) is 0 Å². The molecule has 1 fully saturated rings. The van der Waals surface area contributed by atoms with Gasteiger partial charge in [0.25, 0.3) is 0 Å². The van der Waals surface area contributed by atoms with Crippen molar-refractivity contribution in [1.82, 2.24) is 0 Å². The lowest BCUT2D eigenvalue weighted by molar-refractivity contribution is -0.118. The van der Waals surface area contributed by atoms with Crippen LogP contribution in [0.2, 0.25) is 0 Å². The van der Waals surface area contributed by atoms with Gasteiger partial charge in [0.2, 0.25) is 0 Å². The smallest absolute Gasteiger partial charge is 0.133 e. The predicted octanol–water partition coefficient (Wildman–Crippen LogP) is 3.00. The molecule has 1 aromatic carbocycles. The third kappa shape index (κ3) is 1.47. The fourth-order valence-corrected chi connectivity index (χ4v) is 2.16. The van der Waals surface area contributed by atoms with Gasteiger partial charge in [0.1, 0.15) is 5.78 Å². The van der Waals surface area contributed by atoms with Crippen LogP contribution >= 0.6 is 0 Å². The number of hydrogen-bond donors (Lipinski definition) is 0. The standard InChI is InChI=1S/C13H16O/c1-8-5-4-6-11(9(8)2)13-7-12(13)10(3)14/h4-6,12-13H,7H2,1-3H3. The van der Waals surface area contributed by atoms with E-state index in [1.165, 1.54) is 16.7 Å². The summed E-state index contributed by atoms with van der Waals surface area (Å²) in [5.74, 6) is 1.15. The lowest BCUT2D eigenvalue weighted by Gasteiger charge is -2.07. The highest BCUT2D eigenvalue weighted by molar-refractivity contribution is 5.82. The van der Waals surface area contributed by atoms with Gasteiger partial charge in [-0.15, -0.1) is 0 Å². The molecule has 0 spiro atoms. The maximum Gasteiger partial charge on any atom is 0.133 e. The summed E-state index contributed by atoms with van der Waals surface area (Å²) in [5.41, 5.74) is 4.07. The zero-order valence-corrected chi connectivity index (χ0v) is 9.00. The molecule has 0 aromatic heterocycles. The van der Waals surface area contributed by atoms with Crippen molar-refractivity contribution in [2.24, 2.45) is 5.92 Å². The minimum absolute atomic E-state index is 0.301. The maximum absolute atomic E-state index is 11.2. The Morgan fingerprint density at radius 3 is 2.64 bits per heavy atom. The van der Waals surface area contributed by atoms with Gasteiger partial charge in [-0.2, -0.15) is 0 Å². The van der Waals surface area contributed by atoms with E-state index in [9.17, 15) is 4.79 Å². The van der Waals surface area contributed by atoms with E-state index < -0.39 is 0 Å². The van der Waals surface area contributed by atoms with Crippen molar-refractivity contribution >= 4 is 5.78 Å². The quantitative estimate of drug-likeness (QED) is 0.697. The van der Waals surface area contributed by atoms with Gasteiger partial charge in [-0.1, -0.05) is 18.2 Å². The van der Waals surface area contributed by atoms with Crippen molar-refractivity contribution in [1.29, 1.82) is 0 Å². The molecule has 0 amide bonds. The van der Waals surface area contributed by atoms with E-state index in [-0.39, 0.29) is 0 Å². The second-order valence-corrected chi connectivity index (χ2v) is 4.35. The number of rotatable bonds is 2. The van der Waals surface area contributed by atoms with Gasteiger partial charge in [0.05, 0.1) is 0 Å². The minimum Gasteiger partial charge on any atom is -0.300 e. The Bertz CT molecular complexity index is 379. The molecule has 0 heterocycles. The second-order valence-electron chi connectivity index (χ2n) is 4.35. The summed E-state index contributed by atoms with van der Waals surface area (Å²) >= 11 is 0. The van der Waals surface area contributed by atoms with Crippen LogP contribution in [0.15, 0.2) is 18.2 Å². The molecule has 1 nitrogen and oxygen atoms in total. The van der Waals surface area contributed by atoms with Crippen molar-refractivity contribution in [2.75, 3.05) is 0 Å². The zero-order chi connectivity index (χ0) is 10.3. The molecule has 0 aliphatic heterocycles. The van der Waals surface area contributed by atoms with Gasteiger partial charge in [-0.05, 0) is 49.8 Å². The van der Waals surface area contributed by atoms with Gasteiger partial charge in [0, 0.05) is 5.92 Å². The highest BCUT2D eigenvalue weighted by Crippen LogP contribution is 2.49. The van der Waals surface area contributed by atoms with Crippen LogP contribution in [0.25, 0.3) is 0 Å². The number of carbonyl (C=O) groups is 1. The zero-order valence-electron chi connectivity index (χ0n) is 9.00. The molecule has 1 aliphatic carbocycles. The Labute approximate surface area is 85.1 Å². The Balaban J connectivity index is 2.27. The highest BCUT2D eigenvalue weighted by atomic mass is 16.1. The Morgan fingerprint density at radius 1 is 1.36 bits per heavy atom. The molecule has 1 heteroatoms. The topological polar surface area (TPSA) is 17.1 Å². The molecule has 1 aromatic rings. The molecule has 0 N–H and O–H groups in total. The summed E-state index contributed by atoms with van der Waals surface area (Å²) in [6, 6.07) is 6.38. The average molecular weight is 188 g/mol. The van der Waals surface area contributed by atoms with Crippen molar-refractivity contribution in [3.63, 3.8) is 0 Å². The largest absolute Gasteiger partial charge is 0.300 e. The van der Waals surface area contributed by atoms with Gasteiger partial charge in [-0.3, -0.25) is 4.79 Å². The first-order valence-corrected chi connectivity index (χ1v) is 5.18. The van der Waals surface area contributed by atoms with Crippen LogP contribution in [0.5, 0.6) is 0 Å². The molecule has 0 saturated heterocycles. The Morgan fingerprint density at radius 2 is 2.07 bits per heavy atom. The molecule has 2 atom stereocenters. The summed E-state index contributed by atoms with van der Waals surface area (Å²) < 4.78 is 0. The van der Waals surface area contributed by atoms with Gasteiger partial charge in [0.15, 0.2) is 0 Å². The van der Waals surface area contributed by atoms with Crippen LogP contribution < -0.4 is 0 Å². The molecule has 2 unspecified atom stereocenters. The number of benzene rings is 1. The third-order valence-corrected chi connectivity index (χ3v) is 3.36. The summed E-state index contributed by atoms with van der Waals surface area (Å²) in [5, 5.41) is 0. The van der Waals surface area contributed by atoms with Crippen LogP contribution in [-0.2, 0) is 4.79 Å². The van der Waals surface area contributed by atoms with E-state index >= 15 is 0 Å². The van der Waals surface area contributed by atoms with Crippen LogP contribution in [-0.4, -0.2) is 5.78 Å². The molecule has 14 heavy (non-hydrogen) atoms. The van der Waals surface area contributed by atoms with Gasteiger partial charge >= 0.3 is 0 Å². The minimum atomic E-state index is 0.301. The molecule has 1 saturated carbocycles. The average Bonchev–Trinajstić information content (AvgIpc) is 2.89. The number of hydrogen-bond acceptors (Lipinski definition) is 1. The molecular formula is C13H16O. The normalized spacial score (nSPS) is 24.8. The van der Waals surface area contributed by atoms with Crippen LogP contribution in [0.4, 0.5) is 0 Å². The van der Waals surface area contributed by atoms with E-state index in [1.54, 1.807) is 6.92 Å². The van der Waals surface area contributed by atoms with E-state index in [0.717, 1.165) is 6.42 Å². The Hall–Kier alpha value is -1.11. The fourth-order valence-electron chi connectivity index (χ4n) is 2.16. The van der Waals surface area contributed by atoms with Crippen LogP contribution in [0, 0.1) is 19.8 Å². The number of aryl methyl sites for hydroxylation is 1. The SMILES string of the molecule is CC(=O)C1CC1c1cccc(C)c1C. The monoisotopic (exact) mass is 188 g/mol. The fraction of sp³-hybridized carbons (Fsp3) is 0.462. The molecule has 74 valence electrons. The lowest BCUT2D eigenvalue weighted by Crippen LogP contribution is -1.97. The number of ketones is 1. The van der Waals surface area contributed by atoms with E-state index in [0.29, 0.717) is 17.6 Å². The van der Waals surface area contributed by atoms with Crippen molar-refractivity contribution in [3.05, 3.63) is 34.9 Å². The molecule has 0 bridgehead atoms. The second kappa shape index (κ2) is 3.23. The van der Waals surface area contributed by atoms with Crippen LogP contribution in [0.1, 0.15) is 36.0 Å². The highest BCUT2D eigenvalue weighted by Gasteiger charge is 2.42. The van der Waals surface area contributed by atoms with Crippen LogP contribution in [0.3, 0.4) is 0 Å². The molecular weight excluding hydrogens is 172 g/mol. The first kappa shape index (κ1) is 9.45. The molecule has 1 aliphatic rings. The summed E-state index contributed by atoms with van der Waals surface area (Å²) in [4.78, 5) is 11.2.